The fraction of sp³-hybridized carbons (Fsp3) is 0.520. The number of rotatable bonds is 10. The lowest BCUT2D eigenvalue weighted by molar-refractivity contribution is -0.118. The number of nitrogens with zero attached hydrogens (tertiary/aromatic N) is 2. The van der Waals surface area contributed by atoms with Gasteiger partial charge < -0.3 is 10.2 Å². The van der Waals surface area contributed by atoms with Crippen LogP contribution in [0.2, 0.25) is 5.15 Å². The van der Waals surface area contributed by atoms with Crippen molar-refractivity contribution in [1.82, 2.24) is 15.2 Å². The molecule has 2 heterocycles. The van der Waals surface area contributed by atoms with E-state index in [0.717, 1.165) is 64.7 Å². The van der Waals surface area contributed by atoms with Crippen LogP contribution in [0.5, 0.6) is 0 Å². The van der Waals surface area contributed by atoms with E-state index in [4.69, 9.17) is 11.6 Å². The molecule has 1 atom stereocenters. The van der Waals surface area contributed by atoms with E-state index in [0.29, 0.717) is 11.1 Å². The standard InChI is InChI=1S/C13H19NO.C12H17ClN2/c1-2-10-14(12-15)11-6-9-13-7-4-3-5-8-13;1-2-3-11-10(4-5-12(13)15-11)9-6-7-14-8-9/h3-5,7-8,12H,2,6,9-11H2,1H3;4-5,9,14H,2-3,6-8H2,1H3. The lowest BCUT2D eigenvalue weighted by Gasteiger charge is -2.15. The maximum atomic E-state index is 10.7. The minimum absolute atomic E-state index is 0.619. The van der Waals surface area contributed by atoms with Gasteiger partial charge in [0.2, 0.25) is 6.41 Å². The van der Waals surface area contributed by atoms with Gasteiger partial charge in [-0.15, -0.1) is 0 Å². The molecule has 1 aliphatic heterocycles. The molecule has 30 heavy (non-hydrogen) atoms. The number of amides is 1. The second-order valence-electron chi connectivity index (χ2n) is 7.84. The monoisotopic (exact) mass is 429 g/mol. The van der Waals surface area contributed by atoms with E-state index in [1.54, 1.807) is 0 Å². The Morgan fingerprint density at radius 2 is 1.90 bits per heavy atom. The van der Waals surface area contributed by atoms with E-state index >= 15 is 0 Å². The largest absolute Gasteiger partial charge is 0.345 e. The Balaban J connectivity index is 0.000000214. The van der Waals surface area contributed by atoms with E-state index in [1.807, 2.05) is 17.0 Å². The maximum absolute atomic E-state index is 10.7. The predicted molar refractivity (Wildman–Crippen MR) is 126 cm³/mol. The minimum atomic E-state index is 0.619. The van der Waals surface area contributed by atoms with Crippen LogP contribution in [0, 0.1) is 0 Å². The van der Waals surface area contributed by atoms with Gasteiger partial charge in [-0.05, 0) is 61.8 Å². The number of aromatic nitrogens is 1. The average molecular weight is 430 g/mol. The first kappa shape index (κ1) is 24.4. The summed E-state index contributed by atoms with van der Waals surface area (Å²) in [5.74, 6) is 0.635. The van der Waals surface area contributed by atoms with Gasteiger partial charge in [-0.3, -0.25) is 4.79 Å². The van der Waals surface area contributed by atoms with Crippen molar-refractivity contribution in [2.75, 3.05) is 26.2 Å². The molecule has 0 aliphatic carbocycles. The number of aryl methyl sites for hydroxylation is 2. The third-order valence-corrected chi connectivity index (χ3v) is 5.59. The molecule has 1 N–H and O–H groups in total. The molecule has 164 valence electrons. The van der Waals surface area contributed by atoms with Gasteiger partial charge in [-0.25, -0.2) is 4.98 Å². The number of pyridine rings is 1. The number of carbonyl (C=O) groups is 1. The Labute approximate surface area is 187 Å². The molecule has 1 aromatic carbocycles. The normalized spacial score (nSPS) is 15.4. The molecule has 0 spiro atoms. The van der Waals surface area contributed by atoms with Crippen molar-refractivity contribution in [2.45, 2.75) is 58.3 Å². The molecule has 1 fully saturated rings. The summed E-state index contributed by atoms with van der Waals surface area (Å²) >= 11 is 5.93. The third kappa shape index (κ3) is 8.45. The molecule has 3 rings (SSSR count). The highest BCUT2D eigenvalue weighted by Crippen LogP contribution is 2.26. The Kier molecular flexibility index (Phi) is 11.5. The molecule has 0 radical (unpaired) electrons. The van der Waals surface area contributed by atoms with Crippen LogP contribution in [0.4, 0.5) is 0 Å². The Morgan fingerprint density at radius 1 is 1.10 bits per heavy atom. The first-order chi connectivity index (χ1) is 14.7. The van der Waals surface area contributed by atoms with Crippen molar-refractivity contribution in [2.24, 2.45) is 0 Å². The van der Waals surface area contributed by atoms with Crippen LogP contribution in [0.3, 0.4) is 0 Å². The molecule has 0 saturated carbocycles. The van der Waals surface area contributed by atoms with Crippen LogP contribution in [-0.4, -0.2) is 42.5 Å². The zero-order valence-electron chi connectivity index (χ0n) is 18.4. The maximum Gasteiger partial charge on any atom is 0.209 e. The van der Waals surface area contributed by atoms with E-state index in [9.17, 15) is 4.79 Å². The Bertz CT molecular complexity index is 732. The first-order valence-electron chi connectivity index (χ1n) is 11.3. The molecular weight excluding hydrogens is 394 g/mol. The highest BCUT2D eigenvalue weighted by Gasteiger charge is 2.19. The summed E-state index contributed by atoms with van der Waals surface area (Å²) in [4.78, 5) is 17.0. The van der Waals surface area contributed by atoms with Crippen molar-refractivity contribution < 1.29 is 4.79 Å². The van der Waals surface area contributed by atoms with Gasteiger partial charge in [0.05, 0.1) is 0 Å². The highest BCUT2D eigenvalue weighted by molar-refractivity contribution is 6.29. The van der Waals surface area contributed by atoms with Crippen molar-refractivity contribution in [3.8, 4) is 0 Å². The summed E-state index contributed by atoms with van der Waals surface area (Å²) in [6.45, 7) is 8.22. The predicted octanol–water partition coefficient (Wildman–Crippen LogP) is 5.25. The van der Waals surface area contributed by atoms with Gasteiger partial charge in [0.15, 0.2) is 0 Å². The van der Waals surface area contributed by atoms with Gasteiger partial charge in [-0.2, -0.15) is 0 Å². The zero-order valence-corrected chi connectivity index (χ0v) is 19.2. The zero-order chi connectivity index (χ0) is 21.6. The number of hydrogen-bond acceptors (Lipinski definition) is 3. The second kappa shape index (κ2) is 14.2. The van der Waals surface area contributed by atoms with Gasteiger partial charge in [-0.1, -0.05) is 68.3 Å². The molecule has 4 nitrogen and oxygen atoms in total. The minimum Gasteiger partial charge on any atom is -0.345 e. The molecule has 1 saturated heterocycles. The lowest BCUT2D eigenvalue weighted by atomic mass is 9.95. The van der Waals surface area contributed by atoms with Crippen LogP contribution in [0.25, 0.3) is 0 Å². The first-order valence-corrected chi connectivity index (χ1v) is 11.6. The summed E-state index contributed by atoms with van der Waals surface area (Å²) < 4.78 is 0. The van der Waals surface area contributed by atoms with Crippen LogP contribution in [-0.2, 0) is 17.6 Å². The number of hydrogen-bond donors (Lipinski definition) is 1. The lowest BCUT2D eigenvalue weighted by Crippen LogP contribution is -2.24. The Hall–Kier alpha value is -1.91. The molecule has 1 unspecified atom stereocenters. The van der Waals surface area contributed by atoms with E-state index in [1.165, 1.54) is 23.2 Å². The molecule has 5 heteroatoms. The highest BCUT2D eigenvalue weighted by atomic mass is 35.5. The van der Waals surface area contributed by atoms with E-state index in [2.05, 4.69) is 54.5 Å². The molecule has 1 amide bonds. The van der Waals surface area contributed by atoms with Crippen molar-refractivity contribution in [3.63, 3.8) is 0 Å². The summed E-state index contributed by atoms with van der Waals surface area (Å²) in [7, 11) is 0. The summed E-state index contributed by atoms with van der Waals surface area (Å²) in [6.07, 6.45) is 7.46. The van der Waals surface area contributed by atoms with Crippen LogP contribution in [0.15, 0.2) is 42.5 Å². The fourth-order valence-electron chi connectivity index (χ4n) is 3.85. The van der Waals surface area contributed by atoms with Crippen molar-refractivity contribution >= 4 is 18.0 Å². The van der Waals surface area contributed by atoms with Crippen molar-refractivity contribution in [1.29, 1.82) is 0 Å². The number of carbonyl (C=O) groups excluding carboxylic acids is 1. The molecular formula is C25H36ClN3O. The summed E-state index contributed by atoms with van der Waals surface area (Å²) in [5.41, 5.74) is 3.93. The van der Waals surface area contributed by atoms with Gasteiger partial charge >= 0.3 is 0 Å². The third-order valence-electron chi connectivity index (χ3n) is 5.38. The average Bonchev–Trinajstić information content (AvgIpc) is 3.29. The van der Waals surface area contributed by atoms with Gasteiger partial charge in [0, 0.05) is 25.3 Å². The Morgan fingerprint density at radius 3 is 2.53 bits per heavy atom. The fourth-order valence-corrected chi connectivity index (χ4v) is 4.01. The quantitative estimate of drug-likeness (QED) is 0.414. The van der Waals surface area contributed by atoms with Crippen LogP contribution < -0.4 is 5.32 Å². The topological polar surface area (TPSA) is 45.2 Å². The molecule has 1 aromatic heterocycles. The van der Waals surface area contributed by atoms with Gasteiger partial charge in [0.1, 0.15) is 5.15 Å². The summed E-state index contributed by atoms with van der Waals surface area (Å²) in [5, 5.41) is 4.01. The second-order valence-corrected chi connectivity index (χ2v) is 8.23. The number of benzene rings is 1. The van der Waals surface area contributed by atoms with Crippen molar-refractivity contribution in [3.05, 3.63) is 64.4 Å². The smallest absolute Gasteiger partial charge is 0.209 e. The summed E-state index contributed by atoms with van der Waals surface area (Å²) in [6, 6.07) is 14.5. The number of nitrogens with one attached hydrogen (secondary N) is 1. The SMILES string of the molecule is CCCN(C=O)CCCc1ccccc1.CCCc1nc(Cl)ccc1C1CCNC1. The number of halogens is 1. The van der Waals surface area contributed by atoms with Crippen LogP contribution >= 0.6 is 11.6 Å². The molecule has 0 bridgehead atoms. The molecule has 2 aromatic rings. The van der Waals surface area contributed by atoms with Crippen LogP contribution in [0.1, 0.15) is 62.3 Å². The van der Waals surface area contributed by atoms with E-state index in [-0.39, 0.29) is 0 Å². The van der Waals surface area contributed by atoms with E-state index < -0.39 is 0 Å². The molecule has 1 aliphatic rings. The van der Waals surface area contributed by atoms with Gasteiger partial charge in [0.25, 0.3) is 0 Å².